The molecule has 0 saturated carbocycles. The van der Waals surface area contributed by atoms with E-state index in [4.69, 9.17) is 4.74 Å². The van der Waals surface area contributed by atoms with Gasteiger partial charge in [0.25, 0.3) is 0 Å². The molecule has 0 unspecified atom stereocenters. The molecule has 0 saturated heterocycles. The Morgan fingerprint density at radius 2 is 1.94 bits per heavy atom. The second-order valence-electron chi connectivity index (χ2n) is 3.24. The van der Waals surface area contributed by atoms with Crippen molar-refractivity contribution in [1.29, 1.82) is 0 Å². The van der Waals surface area contributed by atoms with Gasteiger partial charge in [0, 0.05) is 0 Å². The van der Waals surface area contributed by atoms with Crippen molar-refractivity contribution in [2.75, 3.05) is 14.2 Å². The van der Waals surface area contributed by atoms with Crippen molar-refractivity contribution in [3.8, 4) is 5.75 Å². The molecular formula is C12H16N2O3. The van der Waals surface area contributed by atoms with Gasteiger partial charge in [-0.2, -0.15) is 5.10 Å². The molecule has 0 aromatic heterocycles. The predicted octanol–water partition coefficient (Wildman–Crippen LogP) is 2.17. The van der Waals surface area contributed by atoms with Gasteiger partial charge in [-0.1, -0.05) is 6.92 Å². The fourth-order valence-corrected chi connectivity index (χ4v) is 1.29. The number of nitrogens with one attached hydrogen (secondary N) is 1. The van der Waals surface area contributed by atoms with Gasteiger partial charge in [-0.3, -0.25) is 0 Å². The summed E-state index contributed by atoms with van der Waals surface area (Å²) in [5.74, 6) is 0.783. The van der Waals surface area contributed by atoms with Crippen LogP contribution in [0.2, 0.25) is 0 Å². The zero-order chi connectivity index (χ0) is 12.7. The normalized spacial score (nSPS) is 10.9. The Bertz CT molecular complexity index is 399. The quantitative estimate of drug-likeness (QED) is 0.643. The van der Waals surface area contributed by atoms with E-state index in [2.05, 4.69) is 15.3 Å². The van der Waals surface area contributed by atoms with Gasteiger partial charge in [0.2, 0.25) is 0 Å². The van der Waals surface area contributed by atoms with E-state index in [-0.39, 0.29) is 0 Å². The van der Waals surface area contributed by atoms with Gasteiger partial charge < -0.3 is 9.47 Å². The SMILES string of the molecule is CCC(=NNC(=O)OC)c1ccc(OC)cc1. The van der Waals surface area contributed by atoms with Gasteiger partial charge in [0.05, 0.1) is 19.9 Å². The predicted molar refractivity (Wildman–Crippen MR) is 65.4 cm³/mol. The highest BCUT2D eigenvalue weighted by atomic mass is 16.5. The average Bonchev–Trinajstić information content (AvgIpc) is 2.39. The summed E-state index contributed by atoms with van der Waals surface area (Å²) in [4.78, 5) is 10.9. The maximum atomic E-state index is 10.9. The van der Waals surface area contributed by atoms with Crippen molar-refractivity contribution in [2.45, 2.75) is 13.3 Å². The van der Waals surface area contributed by atoms with E-state index in [1.165, 1.54) is 7.11 Å². The largest absolute Gasteiger partial charge is 0.497 e. The highest BCUT2D eigenvalue weighted by Crippen LogP contribution is 2.12. The monoisotopic (exact) mass is 236 g/mol. The van der Waals surface area contributed by atoms with Gasteiger partial charge in [-0.25, -0.2) is 10.2 Å². The minimum absolute atomic E-state index is 0.579. The number of hydrogen-bond donors (Lipinski definition) is 1. The lowest BCUT2D eigenvalue weighted by molar-refractivity contribution is 0.171. The molecule has 0 bridgehead atoms. The van der Waals surface area contributed by atoms with Crippen LogP contribution in [-0.2, 0) is 4.74 Å². The smallest absolute Gasteiger partial charge is 0.427 e. The number of carbonyl (C=O) groups excluding carboxylic acids is 1. The summed E-state index contributed by atoms with van der Waals surface area (Å²) in [6.07, 6.45) is 0.125. The second-order valence-corrected chi connectivity index (χ2v) is 3.24. The van der Waals surface area contributed by atoms with E-state index in [0.717, 1.165) is 17.0 Å². The standard InChI is InChI=1S/C12H16N2O3/c1-4-11(13-14-12(15)17-3)9-5-7-10(16-2)8-6-9/h5-8H,4H2,1-3H3,(H,14,15). The molecule has 0 radical (unpaired) electrons. The Labute approximate surface area is 100 Å². The van der Waals surface area contributed by atoms with Gasteiger partial charge in [0.1, 0.15) is 5.75 Å². The Kier molecular flexibility index (Phi) is 5.00. The number of hydrazone groups is 1. The third-order valence-electron chi connectivity index (χ3n) is 2.23. The molecule has 1 N–H and O–H groups in total. The van der Waals surface area contributed by atoms with Crippen molar-refractivity contribution in [2.24, 2.45) is 5.10 Å². The first kappa shape index (κ1) is 13.0. The van der Waals surface area contributed by atoms with E-state index < -0.39 is 6.09 Å². The van der Waals surface area contributed by atoms with Gasteiger partial charge in [-0.15, -0.1) is 0 Å². The van der Waals surface area contributed by atoms with E-state index in [9.17, 15) is 4.79 Å². The highest BCUT2D eigenvalue weighted by molar-refractivity contribution is 6.00. The van der Waals surface area contributed by atoms with Crippen molar-refractivity contribution >= 4 is 11.8 Å². The summed E-state index contributed by atoms with van der Waals surface area (Å²) in [6, 6.07) is 7.47. The highest BCUT2D eigenvalue weighted by Gasteiger charge is 2.03. The van der Waals surface area contributed by atoms with Gasteiger partial charge in [-0.05, 0) is 36.2 Å². The Hall–Kier alpha value is -2.04. The molecule has 0 aliphatic rings. The molecule has 17 heavy (non-hydrogen) atoms. The molecule has 1 amide bonds. The van der Waals surface area contributed by atoms with Crippen LogP contribution in [0.25, 0.3) is 0 Å². The summed E-state index contributed by atoms with van der Waals surface area (Å²) in [7, 11) is 2.91. The van der Waals surface area contributed by atoms with Crippen LogP contribution in [0.3, 0.4) is 0 Å². The van der Waals surface area contributed by atoms with Crippen molar-refractivity contribution in [1.82, 2.24) is 5.43 Å². The summed E-state index contributed by atoms with van der Waals surface area (Å²) < 4.78 is 9.51. The fraction of sp³-hybridized carbons (Fsp3) is 0.333. The summed E-state index contributed by atoms with van der Waals surface area (Å²) in [5, 5.41) is 3.99. The number of nitrogens with zero attached hydrogens (tertiary/aromatic N) is 1. The van der Waals surface area contributed by atoms with Crippen LogP contribution in [0.5, 0.6) is 5.75 Å². The number of ether oxygens (including phenoxy) is 2. The molecule has 0 spiro atoms. The summed E-state index contributed by atoms with van der Waals surface area (Å²) in [6.45, 7) is 1.96. The molecule has 1 aromatic carbocycles. The second kappa shape index (κ2) is 6.52. The lowest BCUT2D eigenvalue weighted by Crippen LogP contribution is -2.19. The number of amides is 1. The maximum absolute atomic E-state index is 10.9. The first-order valence-corrected chi connectivity index (χ1v) is 5.26. The van der Waals surface area contributed by atoms with Crippen molar-refractivity contribution in [3.63, 3.8) is 0 Å². The lowest BCUT2D eigenvalue weighted by Gasteiger charge is -2.05. The molecule has 0 fully saturated rings. The van der Waals surface area contributed by atoms with E-state index in [1.54, 1.807) is 7.11 Å². The number of rotatable bonds is 4. The molecule has 0 aliphatic carbocycles. The van der Waals surface area contributed by atoms with Gasteiger partial charge >= 0.3 is 6.09 Å². The minimum Gasteiger partial charge on any atom is -0.497 e. The average molecular weight is 236 g/mol. The Morgan fingerprint density at radius 3 is 2.41 bits per heavy atom. The summed E-state index contributed by atoms with van der Waals surface area (Å²) >= 11 is 0. The van der Waals surface area contributed by atoms with Crippen molar-refractivity contribution in [3.05, 3.63) is 29.8 Å². The molecule has 1 aromatic rings. The Balaban J connectivity index is 2.81. The topological polar surface area (TPSA) is 59.9 Å². The molecule has 0 heterocycles. The van der Waals surface area contributed by atoms with Crippen LogP contribution in [0, 0.1) is 0 Å². The lowest BCUT2D eigenvalue weighted by atomic mass is 10.1. The molecule has 5 heteroatoms. The molecule has 92 valence electrons. The van der Waals surface area contributed by atoms with E-state index >= 15 is 0 Å². The van der Waals surface area contributed by atoms with E-state index in [1.807, 2.05) is 31.2 Å². The van der Waals surface area contributed by atoms with Crippen LogP contribution in [0.4, 0.5) is 4.79 Å². The molecule has 1 rings (SSSR count). The number of benzene rings is 1. The Morgan fingerprint density at radius 1 is 1.29 bits per heavy atom. The first-order valence-electron chi connectivity index (χ1n) is 5.26. The van der Waals surface area contributed by atoms with Gasteiger partial charge in [0.15, 0.2) is 0 Å². The number of methoxy groups -OCH3 is 2. The minimum atomic E-state index is -0.579. The molecule has 0 aliphatic heterocycles. The number of carbonyl (C=O) groups is 1. The fourth-order valence-electron chi connectivity index (χ4n) is 1.29. The first-order chi connectivity index (χ1) is 8.21. The molecule has 5 nitrogen and oxygen atoms in total. The number of hydrogen-bond acceptors (Lipinski definition) is 4. The van der Waals surface area contributed by atoms with Crippen LogP contribution in [-0.4, -0.2) is 26.0 Å². The van der Waals surface area contributed by atoms with E-state index in [0.29, 0.717) is 6.42 Å². The van der Waals surface area contributed by atoms with Crippen LogP contribution >= 0.6 is 0 Å². The third-order valence-corrected chi connectivity index (χ3v) is 2.23. The zero-order valence-corrected chi connectivity index (χ0v) is 10.2. The maximum Gasteiger partial charge on any atom is 0.427 e. The molecule has 0 atom stereocenters. The summed E-state index contributed by atoms with van der Waals surface area (Å²) in [5.41, 5.74) is 4.02. The molecular weight excluding hydrogens is 220 g/mol. The van der Waals surface area contributed by atoms with Crippen LogP contribution < -0.4 is 10.2 Å². The van der Waals surface area contributed by atoms with Crippen LogP contribution in [0.15, 0.2) is 29.4 Å². The third kappa shape index (κ3) is 3.79. The zero-order valence-electron chi connectivity index (χ0n) is 10.2. The van der Waals surface area contributed by atoms with Crippen LogP contribution in [0.1, 0.15) is 18.9 Å². The van der Waals surface area contributed by atoms with Crippen molar-refractivity contribution < 1.29 is 14.3 Å².